The third-order valence-electron chi connectivity index (χ3n) is 6.16. The highest BCUT2D eigenvalue weighted by Crippen LogP contribution is 2.23. The summed E-state index contributed by atoms with van der Waals surface area (Å²) >= 11 is 0. The number of nitrogens with zero attached hydrogens (tertiary/aromatic N) is 6. The monoisotopic (exact) mass is 473 g/mol. The van der Waals surface area contributed by atoms with Gasteiger partial charge < -0.3 is 9.80 Å². The summed E-state index contributed by atoms with van der Waals surface area (Å²) in [6.07, 6.45) is 11.9. The SMILES string of the molecule is O=C=N[CH]CCCCCN1C(=O)N(C(=O)N2CCCCCC2N=C=O)CCCCCC1N=C=O. The predicted molar refractivity (Wildman–Crippen MR) is 123 cm³/mol. The van der Waals surface area contributed by atoms with Crippen LogP contribution in [0.2, 0.25) is 0 Å². The first-order valence-electron chi connectivity index (χ1n) is 12.1. The van der Waals surface area contributed by atoms with Gasteiger partial charge in [-0.05, 0) is 51.4 Å². The van der Waals surface area contributed by atoms with Gasteiger partial charge in [-0.3, -0.25) is 0 Å². The average molecular weight is 474 g/mol. The number of likely N-dealkylation sites (tertiary alicyclic amines) is 1. The largest absolute Gasteiger partial charge is 0.329 e. The molecule has 4 amide bonds. The van der Waals surface area contributed by atoms with E-state index in [0.29, 0.717) is 45.2 Å². The average Bonchev–Trinajstić information content (AvgIpc) is 3.04. The Kier molecular flexibility index (Phi) is 12.5. The summed E-state index contributed by atoms with van der Waals surface area (Å²) in [7, 11) is 0. The van der Waals surface area contributed by atoms with Gasteiger partial charge in [0.05, 0.1) is 6.54 Å². The van der Waals surface area contributed by atoms with Crippen LogP contribution in [0.5, 0.6) is 0 Å². The summed E-state index contributed by atoms with van der Waals surface area (Å²) in [6, 6.07) is -0.968. The van der Waals surface area contributed by atoms with E-state index in [1.165, 1.54) is 27.3 Å². The Bertz CT molecular complexity index is 817. The van der Waals surface area contributed by atoms with Crippen LogP contribution in [0.4, 0.5) is 9.59 Å². The first kappa shape index (κ1) is 27.1. The van der Waals surface area contributed by atoms with Gasteiger partial charge in [-0.15, -0.1) is 0 Å². The van der Waals surface area contributed by atoms with E-state index in [1.807, 2.05) is 0 Å². The van der Waals surface area contributed by atoms with E-state index >= 15 is 0 Å². The summed E-state index contributed by atoms with van der Waals surface area (Å²) in [4.78, 5) is 74.6. The van der Waals surface area contributed by atoms with E-state index in [0.717, 1.165) is 44.9 Å². The summed E-state index contributed by atoms with van der Waals surface area (Å²) in [5.41, 5.74) is 0. The Hall–Kier alpha value is -3.12. The second-order valence-electron chi connectivity index (χ2n) is 8.46. The van der Waals surface area contributed by atoms with Crippen molar-refractivity contribution in [3.05, 3.63) is 6.54 Å². The molecule has 34 heavy (non-hydrogen) atoms. The zero-order valence-corrected chi connectivity index (χ0v) is 19.6. The lowest BCUT2D eigenvalue weighted by molar-refractivity contribution is 0.114. The summed E-state index contributed by atoms with van der Waals surface area (Å²) in [5, 5.41) is 0. The highest BCUT2D eigenvalue weighted by molar-refractivity contribution is 5.94. The quantitative estimate of drug-likeness (QED) is 0.286. The molecule has 0 aromatic rings. The van der Waals surface area contributed by atoms with Gasteiger partial charge in [-0.25, -0.2) is 33.9 Å². The molecule has 2 fully saturated rings. The molecule has 2 aliphatic heterocycles. The van der Waals surface area contributed by atoms with Crippen LogP contribution in [-0.2, 0) is 14.4 Å². The first-order chi connectivity index (χ1) is 16.6. The number of carbonyl (C=O) groups is 2. The second kappa shape index (κ2) is 15.7. The van der Waals surface area contributed by atoms with Crippen molar-refractivity contribution in [3.8, 4) is 0 Å². The number of imide groups is 1. The highest BCUT2D eigenvalue weighted by Gasteiger charge is 2.36. The van der Waals surface area contributed by atoms with Gasteiger partial charge in [0.2, 0.25) is 18.2 Å². The zero-order chi connectivity index (χ0) is 24.6. The van der Waals surface area contributed by atoms with Crippen LogP contribution in [-0.4, -0.2) is 77.0 Å². The Labute approximate surface area is 200 Å². The van der Waals surface area contributed by atoms with E-state index in [2.05, 4.69) is 15.0 Å². The number of amides is 4. The Morgan fingerprint density at radius 3 is 2.24 bits per heavy atom. The maximum Gasteiger partial charge on any atom is 0.329 e. The molecule has 11 nitrogen and oxygen atoms in total. The fourth-order valence-corrected chi connectivity index (χ4v) is 4.39. The number of unbranched alkanes of at least 4 members (excludes halogenated alkanes) is 3. The minimum Gasteiger partial charge on any atom is -0.301 e. The predicted octanol–water partition coefficient (Wildman–Crippen LogP) is 3.66. The van der Waals surface area contributed by atoms with Crippen LogP contribution in [0, 0.1) is 6.54 Å². The van der Waals surface area contributed by atoms with Crippen molar-refractivity contribution in [2.24, 2.45) is 15.0 Å². The van der Waals surface area contributed by atoms with E-state index in [9.17, 15) is 24.0 Å². The Morgan fingerprint density at radius 2 is 1.53 bits per heavy atom. The number of hydrogen-bond donors (Lipinski definition) is 0. The number of hydrogen-bond acceptors (Lipinski definition) is 8. The van der Waals surface area contributed by atoms with Crippen LogP contribution in [0.1, 0.15) is 77.0 Å². The van der Waals surface area contributed by atoms with Crippen molar-refractivity contribution in [1.82, 2.24) is 14.7 Å². The van der Waals surface area contributed by atoms with Crippen molar-refractivity contribution in [3.63, 3.8) is 0 Å². The molecule has 0 aliphatic carbocycles. The minimum atomic E-state index is -0.683. The first-order valence-corrected chi connectivity index (χ1v) is 12.1. The fraction of sp³-hybridized carbons (Fsp3) is 0.739. The third kappa shape index (κ3) is 8.34. The summed E-state index contributed by atoms with van der Waals surface area (Å²) in [5.74, 6) is 0. The molecule has 2 rings (SSSR count). The molecule has 2 atom stereocenters. The van der Waals surface area contributed by atoms with E-state index in [4.69, 9.17) is 0 Å². The van der Waals surface area contributed by atoms with Gasteiger partial charge in [0.15, 0.2) is 0 Å². The Morgan fingerprint density at radius 1 is 0.853 bits per heavy atom. The molecule has 0 spiro atoms. The van der Waals surface area contributed by atoms with E-state index in [1.54, 1.807) is 12.2 Å². The Balaban J connectivity index is 2.19. The maximum absolute atomic E-state index is 13.6. The molecule has 2 unspecified atom stereocenters. The molecule has 2 heterocycles. The highest BCUT2D eigenvalue weighted by atomic mass is 16.2. The van der Waals surface area contributed by atoms with Crippen molar-refractivity contribution in [2.75, 3.05) is 19.6 Å². The minimum absolute atomic E-state index is 0.248. The second-order valence-corrected chi connectivity index (χ2v) is 8.46. The van der Waals surface area contributed by atoms with Crippen LogP contribution in [0.25, 0.3) is 0 Å². The van der Waals surface area contributed by atoms with Crippen molar-refractivity contribution in [2.45, 2.75) is 89.4 Å². The zero-order valence-electron chi connectivity index (χ0n) is 19.6. The van der Waals surface area contributed by atoms with E-state index in [-0.39, 0.29) is 6.54 Å². The summed E-state index contributed by atoms with van der Waals surface area (Å²) in [6.45, 7) is 2.48. The van der Waals surface area contributed by atoms with Crippen molar-refractivity contribution >= 4 is 30.3 Å². The van der Waals surface area contributed by atoms with Crippen LogP contribution in [0.3, 0.4) is 0 Å². The maximum atomic E-state index is 13.6. The lowest BCUT2D eigenvalue weighted by Gasteiger charge is -2.36. The smallest absolute Gasteiger partial charge is 0.301 e. The van der Waals surface area contributed by atoms with Crippen LogP contribution < -0.4 is 0 Å². The fourth-order valence-electron chi connectivity index (χ4n) is 4.39. The lowest BCUT2D eigenvalue weighted by Crippen LogP contribution is -2.55. The topological polar surface area (TPSA) is 132 Å². The van der Waals surface area contributed by atoms with Crippen molar-refractivity contribution < 1.29 is 24.0 Å². The number of urea groups is 2. The van der Waals surface area contributed by atoms with Gasteiger partial charge >= 0.3 is 12.1 Å². The molecule has 2 saturated heterocycles. The van der Waals surface area contributed by atoms with Crippen LogP contribution >= 0.6 is 0 Å². The van der Waals surface area contributed by atoms with Gasteiger partial charge in [-0.2, -0.15) is 9.98 Å². The normalized spacial score (nSPS) is 21.6. The summed E-state index contributed by atoms with van der Waals surface area (Å²) < 4.78 is 0. The molecule has 2 aliphatic rings. The molecule has 0 N–H and O–H groups in total. The standard InChI is InChI=1S/C23H33N6O5/c30-17-24-13-7-1-2-8-14-27-20(25-18-31)12-6-4-10-16-29(22(27)33)23(34)28-15-9-3-5-11-21(28)26-19-32/h13,20-21H,1-12,14-16H2. The number of carbonyl (C=O) groups excluding carboxylic acids is 5. The van der Waals surface area contributed by atoms with Crippen molar-refractivity contribution in [1.29, 1.82) is 0 Å². The molecule has 0 bridgehead atoms. The molecule has 0 aromatic carbocycles. The number of isocyanates is 3. The van der Waals surface area contributed by atoms with E-state index < -0.39 is 24.4 Å². The van der Waals surface area contributed by atoms with Gasteiger partial charge in [0.25, 0.3) is 0 Å². The van der Waals surface area contributed by atoms with Gasteiger partial charge in [0.1, 0.15) is 12.3 Å². The number of aliphatic imine (C=N–C) groups is 3. The van der Waals surface area contributed by atoms with Gasteiger partial charge in [-0.1, -0.05) is 25.7 Å². The molecular weight excluding hydrogens is 440 g/mol. The third-order valence-corrected chi connectivity index (χ3v) is 6.16. The molecular formula is C23H33N6O5. The number of rotatable bonds is 9. The molecule has 185 valence electrons. The lowest BCUT2D eigenvalue weighted by atomic mass is 10.1. The molecule has 0 saturated carbocycles. The molecule has 11 heteroatoms. The van der Waals surface area contributed by atoms with Gasteiger partial charge in [0, 0.05) is 19.6 Å². The molecule has 0 aromatic heterocycles. The van der Waals surface area contributed by atoms with Crippen LogP contribution in [0.15, 0.2) is 15.0 Å². The molecule has 1 radical (unpaired) electrons.